The van der Waals surface area contributed by atoms with Crippen LogP contribution >= 0.6 is 0 Å². The van der Waals surface area contributed by atoms with Gasteiger partial charge in [-0.05, 0) is 47.7 Å². The summed E-state index contributed by atoms with van der Waals surface area (Å²) in [5.74, 6) is 0. The summed E-state index contributed by atoms with van der Waals surface area (Å²) in [5, 5.41) is 2.67. The van der Waals surface area contributed by atoms with Crippen LogP contribution in [0.4, 0.5) is 0 Å². The van der Waals surface area contributed by atoms with Gasteiger partial charge in [0.2, 0.25) is 0 Å². The fourth-order valence-electron chi connectivity index (χ4n) is 3.60. The highest BCUT2D eigenvalue weighted by atomic mass is 15.0. The standard InChI is InChI=1S/C23H23N/c1-23(2,3)16-17-13-14-22-20(15-17)19-11-7-8-12-21(19)24(22)18-9-5-4-6-10-18/h4-15H,16H2,1-3H3. The van der Waals surface area contributed by atoms with Gasteiger partial charge in [-0.25, -0.2) is 0 Å². The number of benzene rings is 3. The first-order chi connectivity index (χ1) is 11.5. The summed E-state index contributed by atoms with van der Waals surface area (Å²) in [7, 11) is 0. The van der Waals surface area contributed by atoms with Gasteiger partial charge in [-0.1, -0.05) is 63.2 Å². The van der Waals surface area contributed by atoms with E-state index in [2.05, 4.69) is 98.1 Å². The van der Waals surface area contributed by atoms with Gasteiger partial charge >= 0.3 is 0 Å². The maximum atomic E-state index is 2.38. The van der Waals surface area contributed by atoms with Gasteiger partial charge in [-0.15, -0.1) is 0 Å². The number of nitrogens with zero attached hydrogens (tertiary/aromatic N) is 1. The van der Waals surface area contributed by atoms with Gasteiger partial charge in [0.1, 0.15) is 0 Å². The van der Waals surface area contributed by atoms with Crippen LogP contribution in [0.5, 0.6) is 0 Å². The number of rotatable bonds is 2. The Morgan fingerprint density at radius 2 is 1.38 bits per heavy atom. The van der Waals surface area contributed by atoms with E-state index < -0.39 is 0 Å². The largest absolute Gasteiger partial charge is 0.309 e. The zero-order chi connectivity index (χ0) is 16.7. The fourth-order valence-corrected chi connectivity index (χ4v) is 3.60. The molecule has 1 aromatic heterocycles. The average molecular weight is 313 g/mol. The number of hydrogen-bond donors (Lipinski definition) is 0. The van der Waals surface area contributed by atoms with Crippen molar-refractivity contribution in [1.29, 1.82) is 0 Å². The second-order valence-corrected chi connectivity index (χ2v) is 7.78. The molecule has 120 valence electrons. The molecular formula is C23H23N. The third-order valence-corrected chi connectivity index (χ3v) is 4.49. The van der Waals surface area contributed by atoms with Gasteiger partial charge in [0.15, 0.2) is 0 Å². The molecule has 4 aromatic rings. The van der Waals surface area contributed by atoms with Gasteiger partial charge in [0.25, 0.3) is 0 Å². The lowest BCUT2D eigenvalue weighted by Crippen LogP contribution is -2.08. The first-order valence-electron chi connectivity index (χ1n) is 8.60. The highest BCUT2D eigenvalue weighted by Crippen LogP contribution is 2.33. The monoisotopic (exact) mass is 313 g/mol. The molecule has 0 N–H and O–H groups in total. The predicted molar refractivity (Wildman–Crippen MR) is 104 cm³/mol. The van der Waals surface area contributed by atoms with Gasteiger partial charge in [-0.2, -0.15) is 0 Å². The smallest absolute Gasteiger partial charge is 0.0541 e. The zero-order valence-electron chi connectivity index (χ0n) is 14.6. The van der Waals surface area contributed by atoms with Gasteiger partial charge in [0, 0.05) is 16.5 Å². The summed E-state index contributed by atoms with van der Waals surface area (Å²) in [5.41, 5.74) is 5.47. The minimum Gasteiger partial charge on any atom is -0.309 e. The SMILES string of the molecule is CC(C)(C)Cc1ccc2c(c1)c1ccccc1n2-c1ccccc1. The van der Waals surface area contributed by atoms with Crippen LogP contribution in [-0.2, 0) is 6.42 Å². The van der Waals surface area contributed by atoms with Crippen molar-refractivity contribution in [3.8, 4) is 5.69 Å². The van der Waals surface area contributed by atoms with E-state index in [1.165, 1.54) is 33.1 Å². The molecule has 0 aliphatic heterocycles. The van der Waals surface area contributed by atoms with E-state index in [0.717, 1.165) is 6.42 Å². The Morgan fingerprint density at radius 1 is 0.708 bits per heavy atom. The van der Waals surface area contributed by atoms with Crippen molar-refractivity contribution in [3.63, 3.8) is 0 Å². The number of fused-ring (bicyclic) bond motifs is 3. The molecule has 0 amide bonds. The molecule has 4 rings (SSSR count). The lowest BCUT2D eigenvalue weighted by atomic mass is 9.88. The topological polar surface area (TPSA) is 4.93 Å². The van der Waals surface area contributed by atoms with Gasteiger partial charge in [0.05, 0.1) is 11.0 Å². The van der Waals surface area contributed by atoms with Crippen molar-refractivity contribution < 1.29 is 0 Å². The minimum absolute atomic E-state index is 0.297. The molecule has 0 aliphatic carbocycles. The zero-order valence-corrected chi connectivity index (χ0v) is 14.6. The number of hydrogen-bond acceptors (Lipinski definition) is 0. The van der Waals surface area contributed by atoms with Crippen LogP contribution in [0.15, 0.2) is 72.8 Å². The van der Waals surface area contributed by atoms with Crippen LogP contribution < -0.4 is 0 Å². The predicted octanol–water partition coefficient (Wildman–Crippen LogP) is 6.37. The maximum Gasteiger partial charge on any atom is 0.0541 e. The van der Waals surface area contributed by atoms with Crippen LogP contribution in [0.3, 0.4) is 0 Å². The Bertz CT molecular complexity index is 1000. The molecule has 0 bridgehead atoms. The van der Waals surface area contributed by atoms with Crippen LogP contribution in [-0.4, -0.2) is 4.57 Å². The second kappa shape index (κ2) is 5.52. The van der Waals surface area contributed by atoms with E-state index in [1.807, 2.05) is 0 Å². The van der Waals surface area contributed by atoms with Crippen molar-refractivity contribution in [1.82, 2.24) is 4.57 Å². The summed E-state index contributed by atoms with van der Waals surface area (Å²) in [6.07, 6.45) is 1.09. The van der Waals surface area contributed by atoms with E-state index >= 15 is 0 Å². The molecular weight excluding hydrogens is 290 g/mol. The summed E-state index contributed by atoms with van der Waals surface area (Å²) in [6.45, 7) is 6.89. The molecule has 1 heteroatoms. The Hall–Kier alpha value is -2.54. The van der Waals surface area contributed by atoms with Crippen LogP contribution in [0, 0.1) is 5.41 Å². The Kier molecular flexibility index (Phi) is 3.45. The Balaban J connectivity index is 2.02. The first-order valence-corrected chi connectivity index (χ1v) is 8.60. The Labute approximate surface area is 143 Å². The molecule has 0 atom stereocenters. The molecule has 0 saturated heterocycles. The minimum atomic E-state index is 0.297. The van der Waals surface area contributed by atoms with E-state index in [4.69, 9.17) is 0 Å². The molecule has 0 unspecified atom stereocenters. The Morgan fingerprint density at radius 3 is 2.12 bits per heavy atom. The van der Waals surface area contributed by atoms with Crippen LogP contribution in [0.2, 0.25) is 0 Å². The third kappa shape index (κ3) is 2.60. The van der Waals surface area contributed by atoms with Crippen molar-refractivity contribution >= 4 is 21.8 Å². The third-order valence-electron chi connectivity index (χ3n) is 4.49. The normalized spacial score (nSPS) is 12.1. The molecule has 0 spiro atoms. The number of aromatic nitrogens is 1. The molecule has 0 aliphatic rings. The van der Waals surface area contributed by atoms with Crippen molar-refractivity contribution in [2.24, 2.45) is 5.41 Å². The number of para-hydroxylation sites is 2. The van der Waals surface area contributed by atoms with Crippen LogP contribution in [0.25, 0.3) is 27.5 Å². The van der Waals surface area contributed by atoms with Crippen molar-refractivity contribution in [2.45, 2.75) is 27.2 Å². The maximum absolute atomic E-state index is 2.38. The first kappa shape index (κ1) is 15.0. The highest BCUT2D eigenvalue weighted by molar-refractivity contribution is 6.09. The molecule has 0 fully saturated rings. The van der Waals surface area contributed by atoms with E-state index in [1.54, 1.807) is 0 Å². The lowest BCUT2D eigenvalue weighted by Gasteiger charge is -2.18. The fraction of sp³-hybridized carbons (Fsp3) is 0.217. The summed E-state index contributed by atoms with van der Waals surface area (Å²) >= 11 is 0. The van der Waals surface area contributed by atoms with Gasteiger partial charge in [-0.3, -0.25) is 0 Å². The molecule has 24 heavy (non-hydrogen) atoms. The average Bonchev–Trinajstić information content (AvgIpc) is 2.88. The summed E-state index contributed by atoms with van der Waals surface area (Å²) in [4.78, 5) is 0. The van der Waals surface area contributed by atoms with E-state index in [0.29, 0.717) is 5.41 Å². The van der Waals surface area contributed by atoms with E-state index in [-0.39, 0.29) is 0 Å². The molecule has 0 saturated carbocycles. The highest BCUT2D eigenvalue weighted by Gasteiger charge is 2.15. The second-order valence-electron chi connectivity index (χ2n) is 7.78. The molecule has 1 heterocycles. The van der Waals surface area contributed by atoms with Crippen molar-refractivity contribution in [3.05, 3.63) is 78.4 Å². The van der Waals surface area contributed by atoms with Crippen molar-refractivity contribution in [2.75, 3.05) is 0 Å². The van der Waals surface area contributed by atoms with E-state index in [9.17, 15) is 0 Å². The molecule has 1 nitrogen and oxygen atoms in total. The molecule has 3 aromatic carbocycles. The summed E-state index contributed by atoms with van der Waals surface area (Å²) < 4.78 is 2.37. The summed E-state index contributed by atoms with van der Waals surface area (Å²) in [6, 6.07) is 26.3. The van der Waals surface area contributed by atoms with Crippen LogP contribution in [0.1, 0.15) is 26.3 Å². The molecule has 0 radical (unpaired) electrons. The quantitative estimate of drug-likeness (QED) is 0.405. The van der Waals surface area contributed by atoms with Gasteiger partial charge < -0.3 is 4.57 Å². The lowest BCUT2D eigenvalue weighted by molar-refractivity contribution is 0.411.